The van der Waals surface area contributed by atoms with Crippen molar-refractivity contribution in [2.24, 2.45) is 0 Å². The second-order valence-corrected chi connectivity index (χ2v) is 8.44. The third-order valence-corrected chi connectivity index (χ3v) is 6.79. The van der Waals surface area contributed by atoms with Gasteiger partial charge in [-0.1, -0.05) is 91.0 Å². The van der Waals surface area contributed by atoms with Crippen LogP contribution in [0.25, 0.3) is 0 Å². The van der Waals surface area contributed by atoms with Gasteiger partial charge in [-0.2, -0.15) is 0 Å². The first kappa shape index (κ1) is 20.7. The molecule has 154 valence electrons. The zero-order valence-electron chi connectivity index (χ0n) is 17.0. The van der Waals surface area contributed by atoms with E-state index in [2.05, 4.69) is 83.4 Å². The van der Waals surface area contributed by atoms with Gasteiger partial charge in [-0.25, -0.2) is 0 Å². The van der Waals surface area contributed by atoms with E-state index in [-0.39, 0.29) is 17.4 Å². The third-order valence-electron chi connectivity index (χ3n) is 5.54. The highest BCUT2D eigenvalue weighted by Crippen LogP contribution is 2.38. The number of methoxy groups -OCH3 is 1. The highest BCUT2D eigenvalue weighted by atomic mass is 32.2. The second-order valence-electron chi connectivity index (χ2n) is 7.31. The van der Waals surface area contributed by atoms with Crippen molar-refractivity contribution in [3.63, 3.8) is 0 Å². The number of esters is 1. The van der Waals surface area contributed by atoms with Crippen LogP contribution in [-0.2, 0) is 15.1 Å². The second kappa shape index (κ2) is 9.47. The zero-order valence-corrected chi connectivity index (χ0v) is 17.8. The van der Waals surface area contributed by atoms with Gasteiger partial charge in [-0.3, -0.25) is 10.1 Å². The third kappa shape index (κ3) is 4.15. The Morgan fingerprint density at radius 2 is 1.40 bits per heavy atom. The van der Waals surface area contributed by atoms with Crippen LogP contribution in [0.5, 0.6) is 0 Å². The van der Waals surface area contributed by atoms with Gasteiger partial charge in [0, 0.05) is 12.6 Å². The van der Waals surface area contributed by atoms with Gasteiger partial charge in [0.2, 0.25) is 0 Å². The summed E-state index contributed by atoms with van der Waals surface area (Å²) in [7, 11) is 1.43. The summed E-state index contributed by atoms with van der Waals surface area (Å²) in [5, 5.41) is 7.56. The summed E-state index contributed by atoms with van der Waals surface area (Å²) in [5.74, 6) is 0.134. The summed E-state index contributed by atoms with van der Waals surface area (Å²) in [6.07, 6.45) is 0. The highest BCUT2D eigenvalue weighted by molar-refractivity contribution is 8.00. The van der Waals surface area contributed by atoms with Crippen molar-refractivity contribution in [2.45, 2.75) is 17.0 Å². The maximum absolute atomic E-state index is 11.6. The lowest BCUT2D eigenvalue weighted by Gasteiger charge is -2.46. The predicted octanol–water partition coefficient (Wildman–Crippen LogP) is 3.77. The number of benzene rings is 3. The van der Waals surface area contributed by atoms with E-state index in [0.29, 0.717) is 5.75 Å². The average Bonchev–Trinajstić information content (AvgIpc) is 2.81. The number of hydrogen-bond donors (Lipinski definition) is 2. The lowest BCUT2D eigenvalue weighted by Crippen LogP contribution is -2.67. The fraction of sp³-hybridized carbons (Fsp3) is 0.240. The molecule has 0 saturated carbocycles. The van der Waals surface area contributed by atoms with E-state index in [0.717, 1.165) is 6.54 Å². The van der Waals surface area contributed by atoms with E-state index in [4.69, 9.17) is 4.74 Å². The minimum atomic E-state index is -0.499. The lowest BCUT2D eigenvalue weighted by molar-refractivity contribution is -0.137. The van der Waals surface area contributed by atoms with Crippen LogP contribution in [0.2, 0.25) is 0 Å². The summed E-state index contributed by atoms with van der Waals surface area (Å²) >= 11 is 1.58. The molecular weight excluding hydrogens is 392 g/mol. The number of carbonyl (C=O) groups excluding carboxylic acids is 1. The predicted molar refractivity (Wildman–Crippen MR) is 122 cm³/mol. The van der Waals surface area contributed by atoms with E-state index in [1.54, 1.807) is 11.8 Å². The van der Waals surface area contributed by atoms with Crippen molar-refractivity contribution in [1.82, 2.24) is 10.6 Å². The Bertz CT molecular complexity index is 854. The Morgan fingerprint density at radius 1 is 0.933 bits per heavy atom. The maximum Gasteiger partial charge on any atom is 0.315 e. The molecule has 0 radical (unpaired) electrons. The molecule has 1 saturated heterocycles. The Labute approximate surface area is 182 Å². The average molecular weight is 419 g/mol. The summed E-state index contributed by atoms with van der Waals surface area (Å²) in [4.78, 5) is 11.6. The number of ether oxygens (including phenoxy) is 1. The van der Waals surface area contributed by atoms with Crippen molar-refractivity contribution in [3.05, 3.63) is 108 Å². The molecule has 4 rings (SSSR count). The van der Waals surface area contributed by atoms with Gasteiger partial charge in [0.25, 0.3) is 0 Å². The quantitative estimate of drug-likeness (QED) is 0.431. The molecule has 0 bridgehead atoms. The Balaban J connectivity index is 1.75. The summed E-state index contributed by atoms with van der Waals surface area (Å²) in [6.45, 7) is 0.840. The summed E-state index contributed by atoms with van der Waals surface area (Å²) in [6, 6.07) is 31.9. The van der Waals surface area contributed by atoms with Crippen LogP contribution in [0.4, 0.5) is 0 Å². The number of hydrogen-bond acceptors (Lipinski definition) is 5. The molecule has 0 unspecified atom stereocenters. The Morgan fingerprint density at radius 3 is 1.77 bits per heavy atom. The molecule has 5 heteroatoms. The molecule has 0 amide bonds. The molecular formula is C25H26N2O2S. The van der Waals surface area contributed by atoms with E-state index < -0.39 is 5.54 Å². The van der Waals surface area contributed by atoms with Crippen molar-refractivity contribution >= 4 is 17.7 Å². The fourth-order valence-corrected chi connectivity index (χ4v) is 4.99. The molecule has 30 heavy (non-hydrogen) atoms. The fourth-order valence-electron chi connectivity index (χ4n) is 3.94. The number of rotatable bonds is 8. The first-order valence-electron chi connectivity index (χ1n) is 10.1. The number of nitrogens with one attached hydrogen (secondary N) is 2. The smallest absolute Gasteiger partial charge is 0.315 e. The molecule has 3 aromatic carbocycles. The zero-order chi connectivity index (χ0) is 20.8. The molecule has 1 aliphatic rings. The van der Waals surface area contributed by atoms with Crippen LogP contribution in [0.15, 0.2) is 91.0 Å². The van der Waals surface area contributed by atoms with Gasteiger partial charge in [-0.05, 0) is 16.7 Å². The van der Waals surface area contributed by atoms with Crippen molar-refractivity contribution in [3.8, 4) is 0 Å². The molecule has 2 atom stereocenters. The van der Waals surface area contributed by atoms with Crippen LogP contribution >= 0.6 is 11.8 Å². The van der Waals surface area contributed by atoms with Crippen molar-refractivity contribution in [1.29, 1.82) is 0 Å². The van der Waals surface area contributed by atoms with E-state index in [1.807, 2.05) is 18.2 Å². The number of carbonyl (C=O) groups is 1. The summed E-state index contributed by atoms with van der Waals surface area (Å²) < 4.78 is 4.81. The Kier molecular flexibility index (Phi) is 6.53. The van der Waals surface area contributed by atoms with Crippen LogP contribution in [0, 0.1) is 0 Å². The molecule has 1 heterocycles. The standard InChI is InChI=1S/C25H26N2O2S/c1-29-23(28)18-30-24-22(17-26-24)27-25(19-11-5-2-6-12-19,20-13-7-3-8-14-20)21-15-9-4-10-16-21/h2-16,22,24,26-27H,17-18H2,1H3/t22-,24-/m1/s1. The van der Waals surface area contributed by atoms with Gasteiger partial charge < -0.3 is 10.1 Å². The summed E-state index contributed by atoms with van der Waals surface area (Å²) in [5.41, 5.74) is 3.06. The first-order valence-corrected chi connectivity index (χ1v) is 11.1. The molecule has 0 spiro atoms. The van der Waals surface area contributed by atoms with Gasteiger partial charge in [0.05, 0.1) is 23.8 Å². The molecule has 4 nitrogen and oxygen atoms in total. The van der Waals surface area contributed by atoms with Gasteiger partial charge in [0.15, 0.2) is 0 Å². The Hall–Kier alpha value is -2.60. The molecule has 2 N–H and O–H groups in total. The molecule has 0 aliphatic carbocycles. The molecule has 1 fully saturated rings. The van der Waals surface area contributed by atoms with E-state index >= 15 is 0 Å². The normalized spacial score (nSPS) is 18.4. The lowest BCUT2D eigenvalue weighted by atomic mass is 9.76. The minimum Gasteiger partial charge on any atom is -0.468 e. The van der Waals surface area contributed by atoms with Crippen molar-refractivity contribution in [2.75, 3.05) is 19.4 Å². The van der Waals surface area contributed by atoms with E-state index in [1.165, 1.54) is 23.8 Å². The van der Waals surface area contributed by atoms with Crippen LogP contribution < -0.4 is 10.6 Å². The molecule has 1 aliphatic heterocycles. The van der Waals surface area contributed by atoms with Crippen LogP contribution in [0.1, 0.15) is 16.7 Å². The monoisotopic (exact) mass is 418 g/mol. The van der Waals surface area contributed by atoms with Gasteiger partial charge in [-0.15, -0.1) is 11.8 Å². The van der Waals surface area contributed by atoms with Crippen molar-refractivity contribution < 1.29 is 9.53 Å². The highest BCUT2D eigenvalue weighted by Gasteiger charge is 2.42. The van der Waals surface area contributed by atoms with Gasteiger partial charge >= 0.3 is 5.97 Å². The maximum atomic E-state index is 11.6. The SMILES string of the molecule is COC(=O)CS[C@H]1NC[C@H]1NC(c1ccccc1)(c1ccccc1)c1ccccc1. The topological polar surface area (TPSA) is 50.4 Å². The first-order chi connectivity index (χ1) is 14.7. The van der Waals surface area contributed by atoms with Crippen LogP contribution in [-0.4, -0.2) is 36.8 Å². The minimum absolute atomic E-state index is 0.139. The van der Waals surface area contributed by atoms with E-state index in [9.17, 15) is 4.79 Å². The number of thioether (sulfide) groups is 1. The molecule has 3 aromatic rings. The molecule has 0 aromatic heterocycles. The largest absolute Gasteiger partial charge is 0.468 e. The van der Waals surface area contributed by atoms with Gasteiger partial charge in [0.1, 0.15) is 0 Å². The van der Waals surface area contributed by atoms with Crippen LogP contribution in [0.3, 0.4) is 0 Å².